The van der Waals surface area contributed by atoms with Crippen molar-refractivity contribution in [3.63, 3.8) is 0 Å². The van der Waals surface area contributed by atoms with Crippen molar-refractivity contribution in [3.05, 3.63) is 18.2 Å². The van der Waals surface area contributed by atoms with Crippen LogP contribution >= 0.6 is 11.3 Å². The molecule has 1 spiro atoms. The summed E-state index contributed by atoms with van der Waals surface area (Å²) in [5.74, 6) is 0.712. The summed E-state index contributed by atoms with van der Waals surface area (Å²) in [6, 6.07) is 5.73. The van der Waals surface area contributed by atoms with Gasteiger partial charge in [0, 0.05) is 19.7 Å². The van der Waals surface area contributed by atoms with Crippen LogP contribution in [0.5, 0.6) is 5.75 Å². The fraction of sp³-hybridized carbons (Fsp3) is 0.579. The molecule has 0 saturated carbocycles. The molecule has 2 aliphatic heterocycles. The summed E-state index contributed by atoms with van der Waals surface area (Å²) >= 11 is 1.44. The smallest absolute Gasteiger partial charge is 0.240 e. The van der Waals surface area contributed by atoms with Crippen LogP contribution < -0.4 is 10.1 Å². The zero-order valence-corrected chi connectivity index (χ0v) is 16.3. The van der Waals surface area contributed by atoms with E-state index in [1.807, 2.05) is 25.1 Å². The molecule has 2 aromatic rings. The van der Waals surface area contributed by atoms with E-state index in [9.17, 15) is 9.90 Å². The molecule has 2 N–H and O–H groups in total. The predicted octanol–water partition coefficient (Wildman–Crippen LogP) is 2.25. The first-order valence-electron chi connectivity index (χ1n) is 9.45. The van der Waals surface area contributed by atoms with Crippen LogP contribution in [-0.4, -0.2) is 65.5 Å². The zero-order valence-electron chi connectivity index (χ0n) is 15.4. The van der Waals surface area contributed by atoms with Gasteiger partial charge >= 0.3 is 0 Å². The predicted molar refractivity (Wildman–Crippen MR) is 104 cm³/mol. The van der Waals surface area contributed by atoms with Crippen LogP contribution in [0, 0.1) is 0 Å². The lowest BCUT2D eigenvalue weighted by atomic mass is 9.87. The Morgan fingerprint density at radius 2 is 2.44 bits per heavy atom. The summed E-state index contributed by atoms with van der Waals surface area (Å²) in [4.78, 5) is 19.0. The van der Waals surface area contributed by atoms with Crippen LogP contribution in [-0.2, 0) is 9.53 Å². The van der Waals surface area contributed by atoms with Gasteiger partial charge in [-0.1, -0.05) is 11.3 Å². The van der Waals surface area contributed by atoms with Crippen molar-refractivity contribution in [1.29, 1.82) is 0 Å². The molecule has 2 saturated heterocycles. The monoisotopic (exact) mass is 391 g/mol. The molecule has 2 fully saturated rings. The average Bonchev–Trinajstić information content (AvgIpc) is 3.25. The van der Waals surface area contributed by atoms with Crippen LogP contribution in [0.4, 0.5) is 5.13 Å². The number of ether oxygens (including phenoxy) is 2. The molecule has 7 nitrogen and oxygen atoms in total. The molecule has 0 unspecified atom stereocenters. The van der Waals surface area contributed by atoms with Crippen molar-refractivity contribution < 1.29 is 19.4 Å². The minimum atomic E-state index is -0.496. The van der Waals surface area contributed by atoms with Crippen molar-refractivity contribution in [2.45, 2.75) is 37.9 Å². The Labute approximate surface area is 162 Å². The molecule has 1 aromatic carbocycles. The second-order valence-electron chi connectivity index (χ2n) is 7.16. The van der Waals surface area contributed by atoms with Crippen molar-refractivity contribution >= 4 is 32.6 Å². The van der Waals surface area contributed by atoms with E-state index in [1.54, 1.807) is 0 Å². The van der Waals surface area contributed by atoms with Gasteiger partial charge in [0.1, 0.15) is 11.4 Å². The van der Waals surface area contributed by atoms with E-state index in [-0.39, 0.29) is 12.5 Å². The van der Waals surface area contributed by atoms with Gasteiger partial charge in [0.05, 0.1) is 29.5 Å². The summed E-state index contributed by atoms with van der Waals surface area (Å²) in [6.07, 6.45) is 2.01. The average molecular weight is 391 g/mol. The Bertz CT molecular complexity index is 818. The number of aliphatic hydroxyl groups is 1. The number of hydrogen-bond donors (Lipinski definition) is 2. The molecular weight excluding hydrogens is 366 g/mol. The Balaban J connectivity index is 1.38. The van der Waals surface area contributed by atoms with Gasteiger partial charge in [0.15, 0.2) is 5.13 Å². The maximum absolute atomic E-state index is 12.5. The highest BCUT2D eigenvalue weighted by Gasteiger charge is 2.46. The molecule has 2 aliphatic rings. The number of nitrogens with zero attached hydrogens (tertiary/aromatic N) is 2. The lowest BCUT2D eigenvalue weighted by Crippen LogP contribution is -2.57. The van der Waals surface area contributed by atoms with Gasteiger partial charge in [0.25, 0.3) is 0 Å². The van der Waals surface area contributed by atoms with Gasteiger partial charge in [-0.05, 0) is 44.4 Å². The number of amides is 1. The number of nitrogens with one attached hydrogen (secondary N) is 1. The third kappa shape index (κ3) is 3.94. The minimum Gasteiger partial charge on any atom is -0.494 e. The molecule has 1 amide bonds. The molecule has 27 heavy (non-hydrogen) atoms. The van der Waals surface area contributed by atoms with Gasteiger partial charge in [-0.15, -0.1) is 0 Å². The van der Waals surface area contributed by atoms with Gasteiger partial charge in [-0.25, -0.2) is 4.98 Å². The van der Waals surface area contributed by atoms with Gasteiger partial charge in [-0.3, -0.25) is 9.69 Å². The van der Waals surface area contributed by atoms with E-state index in [1.165, 1.54) is 11.3 Å². The topological polar surface area (TPSA) is 83.9 Å². The first-order chi connectivity index (χ1) is 13.1. The van der Waals surface area contributed by atoms with E-state index in [2.05, 4.69) is 15.2 Å². The Kier molecular flexibility index (Phi) is 5.32. The molecule has 8 heteroatoms. The first-order valence-corrected chi connectivity index (χ1v) is 10.3. The molecule has 146 valence electrons. The maximum atomic E-state index is 12.5. The second kappa shape index (κ2) is 7.71. The molecule has 3 heterocycles. The largest absolute Gasteiger partial charge is 0.494 e. The molecule has 4 rings (SSSR count). The summed E-state index contributed by atoms with van der Waals surface area (Å²) in [5, 5.41) is 13.8. The van der Waals surface area contributed by atoms with E-state index in [0.29, 0.717) is 37.9 Å². The van der Waals surface area contributed by atoms with Gasteiger partial charge < -0.3 is 19.9 Å². The Morgan fingerprint density at radius 1 is 1.56 bits per heavy atom. The third-order valence-electron chi connectivity index (χ3n) is 5.24. The highest BCUT2D eigenvalue weighted by Crippen LogP contribution is 2.35. The first kappa shape index (κ1) is 18.6. The van der Waals surface area contributed by atoms with Crippen molar-refractivity contribution in [2.75, 3.05) is 38.2 Å². The lowest BCUT2D eigenvalue weighted by Gasteiger charge is -2.42. The van der Waals surface area contributed by atoms with Gasteiger partial charge in [0.2, 0.25) is 5.91 Å². The Morgan fingerprint density at radius 3 is 3.22 bits per heavy atom. The number of carbonyl (C=O) groups excluding carboxylic acids is 1. The normalized spacial score (nSPS) is 25.9. The molecule has 1 aromatic heterocycles. The standard InChI is InChI=1S/C19H25N3O4S/c1-2-25-13-4-5-14-15(10-13)27-18(20-14)21-17(24)11-22-8-6-16(23)19(12-22)7-3-9-26-19/h4-5,10,16,23H,2-3,6-9,11-12H2,1H3,(H,20,21,24)/t16-,19-/m0/s1. The number of rotatable bonds is 5. The molecule has 2 atom stereocenters. The number of piperidine rings is 1. The fourth-order valence-electron chi connectivity index (χ4n) is 3.95. The second-order valence-corrected chi connectivity index (χ2v) is 8.19. The quantitative estimate of drug-likeness (QED) is 0.813. The summed E-state index contributed by atoms with van der Waals surface area (Å²) < 4.78 is 12.3. The summed E-state index contributed by atoms with van der Waals surface area (Å²) in [5.41, 5.74) is 0.350. The van der Waals surface area contributed by atoms with Crippen LogP contribution in [0.15, 0.2) is 18.2 Å². The van der Waals surface area contributed by atoms with E-state index < -0.39 is 11.7 Å². The number of hydrogen-bond acceptors (Lipinski definition) is 7. The number of thiazole rings is 1. The van der Waals surface area contributed by atoms with E-state index in [4.69, 9.17) is 9.47 Å². The van der Waals surface area contributed by atoms with Crippen molar-refractivity contribution in [2.24, 2.45) is 0 Å². The molecule has 0 aliphatic carbocycles. The van der Waals surface area contributed by atoms with Crippen LogP contribution in [0.25, 0.3) is 10.2 Å². The molecule has 0 bridgehead atoms. The van der Waals surface area contributed by atoms with E-state index >= 15 is 0 Å². The number of aliphatic hydroxyl groups excluding tert-OH is 1. The van der Waals surface area contributed by atoms with Crippen molar-refractivity contribution in [1.82, 2.24) is 9.88 Å². The number of likely N-dealkylation sites (tertiary alicyclic amines) is 1. The van der Waals surface area contributed by atoms with Crippen LogP contribution in [0.1, 0.15) is 26.2 Å². The number of anilines is 1. The third-order valence-corrected chi connectivity index (χ3v) is 6.17. The summed E-state index contributed by atoms with van der Waals surface area (Å²) in [6.45, 7) is 4.81. The van der Waals surface area contributed by atoms with Crippen LogP contribution in [0.3, 0.4) is 0 Å². The number of benzene rings is 1. The van der Waals surface area contributed by atoms with Gasteiger partial charge in [-0.2, -0.15) is 0 Å². The lowest BCUT2D eigenvalue weighted by molar-refractivity contribution is -0.137. The van der Waals surface area contributed by atoms with Crippen molar-refractivity contribution in [3.8, 4) is 5.75 Å². The molecular formula is C19H25N3O4S. The number of aromatic nitrogens is 1. The molecule has 0 radical (unpaired) electrons. The Hall–Kier alpha value is -1.74. The highest BCUT2D eigenvalue weighted by atomic mass is 32.1. The van der Waals surface area contributed by atoms with E-state index in [0.717, 1.165) is 28.8 Å². The maximum Gasteiger partial charge on any atom is 0.240 e. The minimum absolute atomic E-state index is 0.0939. The summed E-state index contributed by atoms with van der Waals surface area (Å²) in [7, 11) is 0. The highest BCUT2D eigenvalue weighted by molar-refractivity contribution is 7.22. The zero-order chi connectivity index (χ0) is 18.9. The van der Waals surface area contributed by atoms with Crippen LogP contribution in [0.2, 0.25) is 0 Å². The number of carbonyl (C=O) groups is 1. The SMILES string of the molecule is CCOc1ccc2nc(NC(=O)CN3CC[C@H](O)[C@]4(CCCO4)C3)sc2c1. The number of fused-ring (bicyclic) bond motifs is 1. The fourth-order valence-corrected chi connectivity index (χ4v) is 4.86.